The average Bonchev–Trinajstić information content (AvgIpc) is 3.17. The van der Waals surface area contributed by atoms with Gasteiger partial charge in [0, 0.05) is 13.1 Å². The molecular weight excluding hydrogens is 336 g/mol. The van der Waals surface area contributed by atoms with Gasteiger partial charge in [-0.25, -0.2) is 4.79 Å². The molecule has 0 radical (unpaired) electrons. The highest BCUT2D eigenvalue weighted by Gasteiger charge is 2.38. The Bertz CT molecular complexity index is 651. The lowest BCUT2D eigenvalue weighted by Crippen LogP contribution is -2.33. The van der Waals surface area contributed by atoms with Crippen molar-refractivity contribution in [3.63, 3.8) is 0 Å². The first-order chi connectivity index (χ1) is 11.1. The standard InChI is InChI=1S/C15H14N2O4S2/c18-12(9-23-15(22)16-7-3-4-8-16)21-17-13(19)10-5-1-2-6-11(10)14(17)20/h1-2,5-6H,3-4,7-9H2. The Kier molecular flexibility index (Phi) is 4.63. The Hall–Kier alpha value is -1.93. The van der Waals surface area contributed by atoms with E-state index in [0.29, 0.717) is 9.38 Å². The van der Waals surface area contributed by atoms with Crippen LogP contribution in [0.2, 0.25) is 0 Å². The second-order valence-electron chi connectivity index (χ2n) is 5.16. The quantitative estimate of drug-likeness (QED) is 0.609. The fourth-order valence-corrected chi connectivity index (χ4v) is 3.51. The predicted octanol–water partition coefficient (Wildman–Crippen LogP) is 1.85. The lowest BCUT2D eigenvalue weighted by Gasteiger charge is -2.17. The van der Waals surface area contributed by atoms with E-state index < -0.39 is 17.8 Å². The maximum Gasteiger partial charge on any atom is 0.343 e. The summed E-state index contributed by atoms with van der Waals surface area (Å²) in [6, 6.07) is 6.36. The number of carbonyl (C=O) groups is 3. The summed E-state index contributed by atoms with van der Waals surface area (Å²) in [5.41, 5.74) is 0.482. The summed E-state index contributed by atoms with van der Waals surface area (Å²) in [7, 11) is 0. The molecule has 2 amide bonds. The number of hydroxylamine groups is 2. The largest absolute Gasteiger partial charge is 0.358 e. The second kappa shape index (κ2) is 6.67. The van der Waals surface area contributed by atoms with Gasteiger partial charge in [0.05, 0.1) is 11.1 Å². The van der Waals surface area contributed by atoms with Gasteiger partial charge in [0.2, 0.25) is 0 Å². The summed E-state index contributed by atoms with van der Waals surface area (Å²) in [5.74, 6) is -1.95. The highest BCUT2D eigenvalue weighted by molar-refractivity contribution is 8.23. The number of fused-ring (bicyclic) bond motifs is 1. The molecule has 0 bridgehead atoms. The van der Waals surface area contributed by atoms with E-state index in [1.165, 1.54) is 23.9 Å². The lowest BCUT2D eigenvalue weighted by molar-refractivity contribution is -0.164. The van der Waals surface area contributed by atoms with Gasteiger partial charge in [-0.05, 0) is 25.0 Å². The van der Waals surface area contributed by atoms with Gasteiger partial charge in [-0.3, -0.25) is 9.59 Å². The maximum absolute atomic E-state index is 12.1. The zero-order chi connectivity index (χ0) is 16.4. The minimum atomic E-state index is -0.675. The van der Waals surface area contributed by atoms with E-state index in [0.717, 1.165) is 25.9 Å². The summed E-state index contributed by atoms with van der Waals surface area (Å²) in [5, 5.41) is 0.520. The van der Waals surface area contributed by atoms with Crippen molar-refractivity contribution in [2.75, 3.05) is 18.8 Å². The normalized spacial score (nSPS) is 16.7. The molecule has 1 aromatic carbocycles. The van der Waals surface area contributed by atoms with Gasteiger partial charge >= 0.3 is 5.97 Å². The molecule has 0 saturated carbocycles. The third kappa shape index (κ3) is 3.23. The van der Waals surface area contributed by atoms with Crippen molar-refractivity contribution < 1.29 is 19.2 Å². The fraction of sp³-hybridized carbons (Fsp3) is 0.333. The third-order valence-corrected chi connectivity index (χ3v) is 5.12. The number of thioether (sulfide) groups is 1. The molecular formula is C15H14N2O4S2. The fourth-order valence-electron chi connectivity index (χ4n) is 2.49. The number of benzene rings is 1. The smallest absolute Gasteiger partial charge is 0.343 e. The molecule has 0 aliphatic carbocycles. The van der Waals surface area contributed by atoms with E-state index in [2.05, 4.69) is 0 Å². The van der Waals surface area contributed by atoms with Crippen molar-refractivity contribution >= 4 is 46.1 Å². The van der Waals surface area contributed by atoms with Crippen LogP contribution in [0.25, 0.3) is 0 Å². The molecule has 2 heterocycles. The van der Waals surface area contributed by atoms with Crippen molar-refractivity contribution in [2.45, 2.75) is 12.8 Å². The van der Waals surface area contributed by atoms with Crippen LogP contribution >= 0.6 is 24.0 Å². The second-order valence-corrected chi connectivity index (χ2v) is 6.77. The number of thiocarbonyl (C=S) groups is 1. The summed E-state index contributed by atoms with van der Waals surface area (Å²) in [6.45, 7) is 1.80. The van der Waals surface area contributed by atoms with Crippen LogP contribution in [0.3, 0.4) is 0 Å². The molecule has 8 heteroatoms. The number of amides is 2. The highest BCUT2D eigenvalue weighted by atomic mass is 32.2. The van der Waals surface area contributed by atoms with Gasteiger partial charge in [-0.2, -0.15) is 0 Å². The number of rotatable bonds is 3. The summed E-state index contributed by atoms with van der Waals surface area (Å²) in [6.07, 6.45) is 2.19. The van der Waals surface area contributed by atoms with Crippen LogP contribution in [0.4, 0.5) is 0 Å². The number of hydrogen-bond acceptors (Lipinski definition) is 6. The number of imide groups is 1. The molecule has 120 valence electrons. The molecule has 0 spiro atoms. The van der Waals surface area contributed by atoms with Crippen LogP contribution < -0.4 is 0 Å². The highest BCUT2D eigenvalue weighted by Crippen LogP contribution is 2.23. The van der Waals surface area contributed by atoms with Crippen molar-refractivity contribution in [1.29, 1.82) is 0 Å². The molecule has 3 rings (SSSR count). The van der Waals surface area contributed by atoms with E-state index in [9.17, 15) is 14.4 Å². The Morgan fingerprint density at radius 3 is 2.26 bits per heavy atom. The molecule has 1 fully saturated rings. The molecule has 1 saturated heterocycles. The minimum absolute atomic E-state index is 0.0389. The maximum atomic E-state index is 12.1. The average molecular weight is 350 g/mol. The van der Waals surface area contributed by atoms with Crippen molar-refractivity contribution in [1.82, 2.24) is 9.96 Å². The molecule has 6 nitrogen and oxygen atoms in total. The third-order valence-electron chi connectivity index (χ3n) is 3.63. The monoisotopic (exact) mass is 350 g/mol. The van der Waals surface area contributed by atoms with Gasteiger partial charge in [0.25, 0.3) is 11.8 Å². The van der Waals surface area contributed by atoms with Crippen LogP contribution in [0, 0.1) is 0 Å². The number of carbonyl (C=O) groups excluding carboxylic acids is 3. The Balaban J connectivity index is 1.55. The first-order valence-corrected chi connectivity index (χ1v) is 8.57. The van der Waals surface area contributed by atoms with Crippen molar-refractivity contribution in [3.05, 3.63) is 35.4 Å². The van der Waals surface area contributed by atoms with Crippen LogP contribution in [0.1, 0.15) is 33.6 Å². The van der Waals surface area contributed by atoms with Crippen molar-refractivity contribution in [2.24, 2.45) is 0 Å². The van der Waals surface area contributed by atoms with Crippen LogP contribution in [0.5, 0.6) is 0 Å². The van der Waals surface area contributed by atoms with E-state index in [1.807, 2.05) is 4.90 Å². The molecule has 2 aliphatic heterocycles. The molecule has 1 aromatic rings. The summed E-state index contributed by atoms with van der Waals surface area (Å²) >= 11 is 6.44. The molecule has 0 unspecified atom stereocenters. The van der Waals surface area contributed by atoms with Crippen LogP contribution in [-0.4, -0.2) is 50.9 Å². The first kappa shape index (κ1) is 15.9. The number of hydrogen-bond donors (Lipinski definition) is 0. The SMILES string of the molecule is O=C(CSC(=S)N1CCCC1)ON1C(=O)c2ccccc2C1=O. The summed E-state index contributed by atoms with van der Waals surface area (Å²) in [4.78, 5) is 43.0. The van der Waals surface area contributed by atoms with Crippen LogP contribution in [0.15, 0.2) is 24.3 Å². The summed E-state index contributed by atoms with van der Waals surface area (Å²) < 4.78 is 0.641. The Labute approximate surface area is 142 Å². The lowest BCUT2D eigenvalue weighted by atomic mass is 10.1. The first-order valence-electron chi connectivity index (χ1n) is 7.18. The molecule has 23 heavy (non-hydrogen) atoms. The number of nitrogens with zero attached hydrogens (tertiary/aromatic N) is 2. The van der Waals surface area contributed by atoms with Gasteiger partial charge < -0.3 is 9.74 Å². The van der Waals surface area contributed by atoms with Gasteiger partial charge in [0.1, 0.15) is 10.1 Å². The van der Waals surface area contributed by atoms with Crippen molar-refractivity contribution in [3.8, 4) is 0 Å². The van der Waals surface area contributed by atoms with E-state index >= 15 is 0 Å². The van der Waals surface area contributed by atoms with E-state index in [4.69, 9.17) is 17.1 Å². The van der Waals surface area contributed by atoms with Gasteiger partial charge in [-0.1, -0.05) is 41.2 Å². The Morgan fingerprint density at radius 2 is 1.70 bits per heavy atom. The zero-order valence-electron chi connectivity index (χ0n) is 12.2. The number of likely N-dealkylation sites (tertiary alicyclic amines) is 1. The topological polar surface area (TPSA) is 66.9 Å². The van der Waals surface area contributed by atoms with E-state index in [-0.39, 0.29) is 16.9 Å². The predicted molar refractivity (Wildman–Crippen MR) is 88.9 cm³/mol. The van der Waals surface area contributed by atoms with Gasteiger partial charge in [-0.15, -0.1) is 0 Å². The van der Waals surface area contributed by atoms with Gasteiger partial charge in [0.15, 0.2) is 0 Å². The van der Waals surface area contributed by atoms with E-state index in [1.54, 1.807) is 12.1 Å². The zero-order valence-corrected chi connectivity index (χ0v) is 13.8. The molecule has 0 aromatic heterocycles. The Morgan fingerprint density at radius 1 is 1.13 bits per heavy atom. The minimum Gasteiger partial charge on any atom is -0.358 e. The van der Waals surface area contributed by atoms with Crippen LogP contribution in [-0.2, 0) is 9.63 Å². The molecule has 0 atom stereocenters. The molecule has 2 aliphatic rings. The molecule has 0 N–H and O–H groups in total.